The van der Waals surface area contributed by atoms with Crippen LogP contribution >= 0.6 is 0 Å². The van der Waals surface area contributed by atoms with Gasteiger partial charge in [0.25, 0.3) is 0 Å². The Morgan fingerprint density at radius 2 is 2.00 bits per heavy atom. The molecule has 1 rings (SSSR count). The highest BCUT2D eigenvalue weighted by Crippen LogP contribution is 2.27. The van der Waals surface area contributed by atoms with Crippen LogP contribution in [0.15, 0.2) is 0 Å². The van der Waals surface area contributed by atoms with E-state index in [-0.39, 0.29) is 5.91 Å². The van der Waals surface area contributed by atoms with Crippen LogP contribution in [0.25, 0.3) is 0 Å². The Kier molecular flexibility index (Phi) is 5.81. The van der Waals surface area contributed by atoms with E-state index in [9.17, 15) is 4.79 Å². The summed E-state index contributed by atoms with van der Waals surface area (Å²) in [5, 5.41) is 3.12. The molecule has 1 saturated carbocycles. The standard InChI is InChI=1S/C13H26N2O/c1-10(9-14)7-8-13(16)15-11(2)12-5-3-4-6-12/h10-12H,3-9,14H2,1-2H3,(H,15,16). The van der Waals surface area contributed by atoms with Crippen molar-refractivity contribution < 1.29 is 4.79 Å². The maximum Gasteiger partial charge on any atom is 0.220 e. The highest BCUT2D eigenvalue weighted by molar-refractivity contribution is 5.76. The van der Waals surface area contributed by atoms with Crippen molar-refractivity contribution in [2.45, 2.75) is 58.4 Å². The smallest absolute Gasteiger partial charge is 0.220 e. The molecule has 1 fully saturated rings. The van der Waals surface area contributed by atoms with Gasteiger partial charge in [-0.1, -0.05) is 19.8 Å². The molecule has 2 unspecified atom stereocenters. The van der Waals surface area contributed by atoms with Crippen LogP contribution in [0.4, 0.5) is 0 Å². The lowest BCUT2D eigenvalue weighted by Gasteiger charge is -2.20. The van der Waals surface area contributed by atoms with Crippen molar-refractivity contribution in [3.63, 3.8) is 0 Å². The highest BCUT2D eigenvalue weighted by atomic mass is 16.1. The maximum atomic E-state index is 11.7. The van der Waals surface area contributed by atoms with Gasteiger partial charge in [0.1, 0.15) is 0 Å². The summed E-state index contributed by atoms with van der Waals surface area (Å²) in [6, 6.07) is 0.350. The lowest BCUT2D eigenvalue weighted by atomic mass is 9.99. The zero-order valence-corrected chi connectivity index (χ0v) is 10.7. The number of nitrogens with two attached hydrogens (primary N) is 1. The van der Waals surface area contributed by atoms with Crippen molar-refractivity contribution in [1.29, 1.82) is 0 Å². The second kappa shape index (κ2) is 6.89. The fourth-order valence-corrected chi connectivity index (χ4v) is 2.40. The van der Waals surface area contributed by atoms with E-state index in [0.29, 0.717) is 30.8 Å². The van der Waals surface area contributed by atoms with Crippen molar-refractivity contribution in [3.8, 4) is 0 Å². The molecule has 1 amide bonds. The van der Waals surface area contributed by atoms with Crippen molar-refractivity contribution in [3.05, 3.63) is 0 Å². The minimum Gasteiger partial charge on any atom is -0.353 e. The van der Waals surface area contributed by atoms with Crippen LogP contribution in [0.3, 0.4) is 0 Å². The van der Waals surface area contributed by atoms with Crippen molar-refractivity contribution in [1.82, 2.24) is 5.32 Å². The predicted octanol–water partition coefficient (Wildman–Crippen LogP) is 2.06. The number of carbonyl (C=O) groups is 1. The lowest BCUT2D eigenvalue weighted by Crippen LogP contribution is -2.37. The summed E-state index contributed by atoms with van der Waals surface area (Å²) < 4.78 is 0. The molecule has 0 bridgehead atoms. The Hall–Kier alpha value is -0.570. The SMILES string of the molecule is CC(CN)CCC(=O)NC(C)C1CCCC1. The summed E-state index contributed by atoms with van der Waals surface area (Å²) in [7, 11) is 0. The summed E-state index contributed by atoms with van der Waals surface area (Å²) in [5.74, 6) is 1.35. The first-order valence-corrected chi connectivity index (χ1v) is 6.63. The van der Waals surface area contributed by atoms with E-state index in [2.05, 4.69) is 19.2 Å². The third-order valence-corrected chi connectivity index (χ3v) is 3.76. The number of rotatable bonds is 6. The van der Waals surface area contributed by atoms with Crippen molar-refractivity contribution >= 4 is 5.91 Å². The summed E-state index contributed by atoms with van der Waals surface area (Å²) in [5.41, 5.74) is 5.53. The van der Waals surface area contributed by atoms with Gasteiger partial charge in [0.15, 0.2) is 0 Å². The van der Waals surface area contributed by atoms with E-state index in [1.807, 2.05) is 0 Å². The molecule has 3 heteroatoms. The molecule has 2 atom stereocenters. The lowest BCUT2D eigenvalue weighted by molar-refractivity contribution is -0.122. The van der Waals surface area contributed by atoms with Crippen molar-refractivity contribution in [2.75, 3.05) is 6.54 Å². The predicted molar refractivity (Wildman–Crippen MR) is 67.0 cm³/mol. The fourth-order valence-electron chi connectivity index (χ4n) is 2.40. The zero-order valence-electron chi connectivity index (χ0n) is 10.7. The molecule has 0 heterocycles. The minimum absolute atomic E-state index is 0.194. The van der Waals surface area contributed by atoms with Gasteiger partial charge in [0, 0.05) is 12.5 Å². The summed E-state index contributed by atoms with van der Waals surface area (Å²) in [4.78, 5) is 11.7. The Morgan fingerprint density at radius 1 is 1.38 bits per heavy atom. The van der Waals surface area contributed by atoms with Gasteiger partial charge in [0.2, 0.25) is 5.91 Å². The molecule has 0 aliphatic heterocycles. The van der Waals surface area contributed by atoms with Crippen LogP contribution in [-0.4, -0.2) is 18.5 Å². The molecule has 0 saturated heterocycles. The number of nitrogens with one attached hydrogen (secondary N) is 1. The topological polar surface area (TPSA) is 55.1 Å². The molecule has 0 aromatic rings. The maximum absolute atomic E-state index is 11.7. The zero-order chi connectivity index (χ0) is 12.0. The third-order valence-electron chi connectivity index (χ3n) is 3.76. The molecule has 16 heavy (non-hydrogen) atoms. The molecular formula is C13H26N2O. The number of amides is 1. The number of carbonyl (C=O) groups excluding carboxylic acids is 1. The first-order chi connectivity index (χ1) is 7.63. The minimum atomic E-state index is 0.194. The number of hydrogen-bond donors (Lipinski definition) is 2. The second-order valence-corrected chi connectivity index (χ2v) is 5.28. The molecule has 3 N–H and O–H groups in total. The molecule has 0 aromatic carbocycles. The normalized spacial score (nSPS) is 20.7. The van der Waals surface area contributed by atoms with E-state index in [1.165, 1.54) is 25.7 Å². The number of hydrogen-bond acceptors (Lipinski definition) is 2. The Bertz CT molecular complexity index is 212. The Balaban J connectivity index is 2.17. The first-order valence-electron chi connectivity index (χ1n) is 6.63. The van der Waals surface area contributed by atoms with Crippen LogP contribution in [0.5, 0.6) is 0 Å². The summed E-state index contributed by atoms with van der Waals surface area (Å²) >= 11 is 0. The van der Waals surface area contributed by atoms with E-state index in [4.69, 9.17) is 5.73 Å². The van der Waals surface area contributed by atoms with Gasteiger partial charge in [-0.25, -0.2) is 0 Å². The molecule has 1 aliphatic carbocycles. The van der Waals surface area contributed by atoms with Crippen LogP contribution in [0.1, 0.15) is 52.4 Å². The van der Waals surface area contributed by atoms with E-state index in [0.717, 1.165) is 6.42 Å². The average molecular weight is 226 g/mol. The fraction of sp³-hybridized carbons (Fsp3) is 0.923. The molecule has 0 spiro atoms. The van der Waals surface area contributed by atoms with Gasteiger partial charge in [-0.05, 0) is 44.6 Å². The van der Waals surface area contributed by atoms with E-state index < -0.39 is 0 Å². The molecule has 1 aliphatic rings. The van der Waals surface area contributed by atoms with Gasteiger partial charge in [-0.3, -0.25) is 4.79 Å². The molecule has 0 radical (unpaired) electrons. The molecule has 94 valence electrons. The van der Waals surface area contributed by atoms with Gasteiger partial charge in [-0.15, -0.1) is 0 Å². The highest BCUT2D eigenvalue weighted by Gasteiger charge is 2.22. The van der Waals surface area contributed by atoms with Crippen LogP contribution in [0.2, 0.25) is 0 Å². The summed E-state index contributed by atoms with van der Waals surface area (Å²) in [6.07, 6.45) is 6.74. The Morgan fingerprint density at radius 3 is 2.56 bits per heavy atom. The van der Waals surface area contributed by atoms with Gasteiger partial charge in [-0.2, -0.15) is 0 Å². The van der Waals surface area contributed by atoms with Crippen LogP contribution in [0, 0.1) is 11.8 Å². The van der Waals surface area contributed by atoms with Crippen molar-refractivity contribution in [2.24, 2.45) is 17.6 Å². The van der Waals surface area contributed by atoms with Gasteiger partial charge >= 0.3 is 0 Å². The summed E-state index contributed by atoms with van der Waals surface area (Å²) in [6.45, 7) is 4.90. The Labute approximate surface area is 99.2 Å². The third kappa shape index (κ3) is 4.52. The van der Waals surface area contributed by atoms with E-state index in [1.54, 1.807) is 0 Å². The van der Waals surface area contributed by atoms with Crippen LogP contribution in [-0.2, 0) is 4.79 Å². The quantitative estimate of drug-likeness (QED) is 0.728. The largest absolute Gasteiger partial charge is 0.353 e. The molecular weight excluding hydrogens is 200 g/mol. The van der Waals surface area contributed by atoms with Crippen LogP contribution < -0.4 is 11.1 Å². The molecule has 0 aromatic heterocycles. The second-order valence-electron chi connectivity index (χ2n) is 5.28. The van der Waals surface area contributed by atoms with Gasteiger partial charge < -0.3 is 11.1 Å². The average Bonchev–Trinajstić information content (AvgIpc) is 2.79. The monoisotopic (exact) mass is 226 g/mol. The van der Waals surface area contributed by atoms with Gasteiger partial charge in [0.05, 0.1) is 0 Å². The van der Waals surface area contributed by atoms with E-state index >= 15 is 0 Å². The molecule has 3 nitrogen and oxygen atoms in total. The first kappa shape index (κ1) is 13.5.